The standard InChI is InChI=1S/C21H22N6O/c1-3-18(28)27-12-21(13-27)7-9-26(11-21)17-6-8-22-20(24-17)19-14(2)4-5-16-15(19)10-23-25-16/h3-6,8,10H,1,7,9,11-13H2,2H3,(H,23,25). The van der Waals surface area contributed by atoms with Crippen molar-refractivity contribution in [1.82, 2.24) is 25.1 Å². The molecule has 2 fully saturated rings. The molecule has 0 saturated carbocycles. The van der Waals surface area contributed by atoms with Crippen molar-refractivity contribution < 1.29 is 4.79 Å². The molecule has 0 aliphatic carbocycles. The number of amides is 1. The van der Waals surface area contributed by atoms with Crippen LogP contribution in [0.4, 0.5) is 5.82 Å². The minimum Gasteiger partial charge on any atom is -0.356 e. The second kappa shape index (κ2) is 6.15. The van der Waals surface area contributed by atoms with Crippen LogP contribution >= 0.6 is 0 Å². The molecule has 4 heterocycles. The first kappa shape index (κ1) is 16.9. The van der Waals surface area contributed by atoms with E-state index in [0.29, 0.717) is 0 Å². The fourth-order valence-electron chi connectivity index (χ4n) is 4.51. The zero-order valence-electron chi connectivity index (χ0n) is 15.9. The molecule has 7 nitrogen and oxygen atoms in total. The minimum atomic E-state index is 0.0251. The van der Waals surface area contributed by atoms with E-state index in [4.69, 9.17) is 4.98 Å². The Labute approximate surface area is 163 Å². The van der Waals surface area contributed by atoms with Gasteiger partial charge in [-0.15, -0.1) is 0 Å². The molecule has 1 N–H and O–H groups in total. The van der Waals surface area contributed by atoms with Gasteiger partial charge < -0.3 is 9.80 Å². The predicted octanol–water partition coefficient (Wildman–Crippen LogP) is 2.55. The Balaban J connectivity index is 1.42. The molecule has 2 saturated heterocycles. The van der Waals surface area contributed by atoms with Gasteiger partial charge in [-0.1, -0.05) is 12.6 Å². The highest BCUT2D eigenvalue weighted by Crippen LogP contribution is 2.41. The van der Waals surface area contributed by atoms with E-state index in [1.54, 1.807) is 0 Å². The Morgan fingerprint density at radius 3 is 2.96 bits per heavy atom. The summed E-state index contributed by atoms with van der Waals surface area (Å²) < 4.78 is 0. The number of hydrogen-bond donors (Lipinski definition) is 1. The van der Waals surface area contributed by atoms with Gasteiger partial charge >= 0.3 is 0 Å². The maximum atomic E-state index is 11.8. The molecule has 1 spiro atoms. The number of rotatable bonds is 3. The van der Waals surface area contributed by atoms with E-state index in [1.165, 1.54) is 6.08 Å². The number of likely N-dealkylation sites (tertiary alicyclic amines) is 1. The lowest BCUT2D eigenvalue weighted by molar-refractivity contribution is -0.136. The van der Waals surface area contributed by atoms with Crippen LogP contribution in [0.25, 0.3) is 22.3 Å². The number of anilines is 1. The van der Waals surface area contributed by atoms with E-state index in [1.807, 2.05) is 29.4 Å². The van der Waals surface area contributed by atoms with Crippen molar-refractivity contribution in [2.45, 2.75) is 13.3 Å². The number of fused-ring (bicyclic) bond motifs is 1. The monoisotopic (exact) mass is 374 g/mol. The molecule has 1 amide bonds. The Kier molecular flexibility index (Phi) is 3.72. The minimum absolute atomic E-state index is 0.0251. The van der Waals surface area contributed by atoms with Crippen molar-refractivity contribution in [2.75, 3.05) is 31.1 Å². The first-order chi connectivity index (χ1) is 13.6. The molecule has 3 aromatic rings. The maximum Gasteiger partial charge on any atom is 0.245 e. The van der Waals surface area contributed by atoms with E-state index in [2.05, 4.69) is 39.7 Å². The second-order valence-corrected chi connectivity index (χ2v) is 7.90. The molecule has 28 heavy (non-hydrogen) atoms. The number of aryl methyl sites for hydroxylation is 1. The van der Waals surface area contributed by atoms with Crippen molar-refractivity contribution in [3.63, 3.8) is 0 Å². The quantitative estimate of drug-likeness (QED) is 0.713. The Hall–Kier alpha value is -3.22. The molecule has 142 valence electrons. The summed E-state index contributed by atoms with van der Waals surface area (Å²) in [5.74, 6) is 1.69. The maximum absolute atomic E-state index is 11.8. The van der Waals surface area contributed by atoms with Gasteiger partial charge in [-0.25, -0.2) is 9.97 Å². The fraction of sp³-hybridized carbons (Fsp3) is 0.333. The van der Waals surface area contributed by atoms with E-state index >= 15 is 0 Å². The summed E-state index contributed by atoms with van der Waals surface area (Å²) in [5.41, 5.74) is 3.32. The SMILES string of the molecule is C=CC(=O)N1CC2(CCN(c3ccnc(-c4c(C)ccc5[nH]ncc45)n3)C2)C1. The fourth-order valence-corrected chi connectivity index (χ4v) is 4.51. The van der Waals surface area contributed by atoms with Crippen LogP contribution in [0.1, 0.15) is 12.0 Å². The van der Waals surface area contributed by atoms with Gasteiger partial charge in [0.2, 0.25) is 5.91 Å². The number of carbonyl (C=O) groups excluding carboxylic acids is 1. The number of H-pyrrole nitrogens is 1. The third-order valence-corrected chi connectivity index (χ3v) is 6.00. The van der Waals surface area contributed by atoms with Crippen LogP contribution in [0.2, 0.25) is 0 Å². The normalized spacial score (nSPS) is 17.9. The molecular weight excluding hydrogens is 352 g/mol. The number of nitrogens with zero attached hydrogens (tertiary/aromatic N) is 5. The number of benzene rings is 1. The number of nitrogens with one attached hydrogen (secondary N) is 1. The van der Waals surface area contributed by atoms with Crippen molar-refractivity contribution in [2.24, 2.45) is 5.41 Å². The zero-order valence-corrected chi connectivity index (χ0v) is 15.9. The molecule has 1 aromatic carbocycles. The third kappa shape index (κ3) is 2.58. The molecule has 0 atom stereocenters. The average molecular weight is 374 g/mol. The summed E-state index contributed by atoms with van der Waals surface area (Å²) in [6.45, 7) is 9.12. The highest BCUT2D eigenvalue weighted by atomic mass is 16.2. The molecule has 2 aliphatic rings. The van der Waals surface area contributed by atoms with Gasteiger partial charge in [-0.2, -0.15) is 5.10 Å². The van der Waals surface area contributed by atoms with E-state index in [9.17, 15) is 4.79 Å². The Morgan fingerprint density at radius 1 is 1.29 bits per heavy atom. The van der Waals surface area contributed by atoms with Gasteiger partial charge in [0.15, 0.2) is 5.82 Å². The van der Waals surface area contributed by atoms with Crippen molar-refractivity contribution in [3.8, 4) is 11.4 Å². The van der Waals surface area contributed by atoms with Gasteiger partial charge in [-0.3, -0.25) is 9.89 Å². The van der Waals surface area contributed by atoms with Gasteiger partial charge in [0, 0.05) is 48.7 Å². The summed E-state index contributed by atoms with van der Waals surface area (Å²) in [4.78, 5) is 25.4. The summed E-state index contributed by atoms with van der Waals surface area (Å²) in [5, 5.41) is 8.21. The van der Waals surface area contributed by atoms with Gasteiger partial charge in [0.25, 0.3) is 0 Å². The molecule has 7 heteroatoms. The molecular formula is C21H22N6O. The van der Waals surface area contributed by atoms with Gasteiger partial charge in [-0.05, 0) is 37.1 Å². The van der Waals surface area contributed by atoms with Crippen LogP contribution in [-0.4, -0.2) is 57.2 Å². The Morgan fingerprint density at radius 2 is 2.14 bits per heavy atom. The van der Waals surface area contributed by atoms with Crippen LogP contribution in [0.5, 0.6) is 0 Å². The number of aromatic amines is 1. The van der Waals surface area contributed by atoms with Crippen LogP contribution in [-0.2, 0) is 4.79 Å². The van der Waals surface area contributed by atoms with Gasteiger partial charge in [0.1, 0.15) is 5.82 Å². The molecule has 0 bridgehead atoms. The van der Waals surface area contributed by atoms with E-state index < -0.39 is 0 Å². The third-order valence-electron chi connectivity index (χ3n) is 6.00. The molecule has 0 radical (unpaired) electrons. The number of aromatic nitrogens is 4. The van der Waals surface area contributed by atoms with Crippen LogP contribution in [0, 0.1) is 12.3 Å². The predicted molar refractivity (Wildman–Crippen MR) is 108 cm³/mol. The van der Waals surface area contributed by atoms with E-state index in [0.717, 1.165) is 66.3 Å². The van der Waals surface area contributed by atoms with Crippen molar-refractivity contribution in [1.29, 1.82) is 0 Å². The topological polar surface area (TPSA) is 78.0 Å². The van der Waals surface area contributed by atoms with Crippen LogP contribution < -0.4 is 4.90 Å². The number of hydrogen-bond acceptors (Lipinski definition) is 5. The summed E-state index contributed by atoms with van der Waals surface area (Å²) >= 11 is 0. The molecule has 2 aromatic heterocycles. The summed E-state index contributed by atoms with van der Waals surface area (Å²) in [6.07, 6.45) is 6.13. The first-order valence-corrected chi connectivity index (χ1v) is 9.51. The first-order valence-electron chi connectivity index (χ1n) is 9.51. The van der Waals surface area contributed by atoms with E-state index in [-0.39, 0.29) is 11.3 Å². The van der Waals surface area contributed by atoms with Gasteiger partial charge in [0.05, 0.1) is 11.7 Å². The molecule has 2 aliphatic heterocycles. The lowest BCUT2D eigenvalue weighted by Crippen LogP contribution is -2.59. The lowest BCUT2D eigenvalue weighted by atomic mass is 9.79. The molecule has 0 unspecified atom stereocenters. The van der Waals surface area contributed by atoms with Crippen molar-refractivity contribution in [3.05, 3.63) is 48.8 Å². The highest BCUT2D eigenvalue weighted by molar-refractivity contribution is 5.94. The highest BCUT2D eigenvalue weighted by Gasteiger charge is 2.49. The number of carbonyl (C=O) groups is 1. The van der Waals surface area contributed by atoms with Crippen LogP contribution in [0.3, 0.4) is 0 Å². The molecule has 5 rings (SSSR count). The average Bonchev–Trinajstić information content (AvgIpc) is 3.33. The zero-order chi connectivity index (χ0) is 19.3. The summed E-state index contributed by atoms with van der Waals surface area (Å²) in [6, 6.07) is 6.07. The largest absolute Gasteiger partial charge is 0.356 e. The summed E-state index contributed by atoms with van der Waals surface area (Å²) in [7, 11) is 0. The lowest BCUT2D eigenvalue weighted by Gasteiger charge is -2.47. The van der Waals surface area contributed by atoms with Crippen molar-refractivity contribution >= 4 is 22.6 Å². The smallest absolute Gasteiger partial charge is 0.245 e. The Bertz CT molecular complexity index is 1080. The second-order valence-electron chi connectivity index (χ2n) is 7.90. The van der Waals surface area contributed by atoms with Crippen LogP contribution in [0.15, 0.2) is 43.2 Å².